The van der Waals surface area contributed by atoms with Crippen molar-refractivity contribution in [3.63, 3.8) is 0 Å². The first-order valence-corrected chi connectivity index (χ1v) is 14.8. The molecule has 4 aromatic rings. The minimum absolute atomic E-state index is 0.147. The minimum Gasteiger partial charge on any atom is -0.385 e. The highest BCUT2D eigenvalue weighted by Gasteiger charge is 2.39. The van der Waals surface area contributed by atoms with E-state index in [0.717, 1.165) is 58.6 Å². The van der Waals surface area contributed by atoms with Gasteiger partial charge in [0.2, 0.25) is 11.8 Å². The van der Waals surface area contributed by atoms with Gasteiger partial charge in [0.15, 0.2) is 0 Å². The molecule has 0 radical (unpaired) electrons. The first-order valence-electron chi connectivity index (χ1n) is 14.8. The summed E-state index contributed by atoms with van der Waals surface area (Å²) in [6.45, 7) is 1.23. The average molecular weight is 562 g/mol. The molecule has 2 saturated carbocycles. The molecule has 1 saturated heterocycles. The summed E-state index contributed by atoms with van der Waals surface area (Å²) in [6, 6.07) is 13.5. The third kappa shape index (κ3) is 4.42. The number of aromatic nitrogens is 4. The van der Waals surface area contributed by atoms with Gasteiger partial charge >= 0.3 is 0 Å². The summed E-state index contributed by atoms with van der Waals surface area (Å²) in [5, 5.41) is 11.0. The molecule has 3 amide bonds. The normalized spacial score (nSPS) is 23.6. The van der Waals surface area contributed by atoms with E-state index in [9.17, 15) is 14.4 Å². The van der Waals surface area contributed by atoms with E-state index in [1.165, 1.54) is 12.8 Å². The molecular weight excluding hydrogens is 530 g/mol. The van der Waals surface area contributed by atoms with Gasteiger partial charge in [-0.15, -0.1) is 0 Å². The van der Waals surface area contributed by atoms with Gasteiger partial charge in [-0.25, -0.2) is 4.98 Å². The zero-order valence-electron chi connectivity index (χ0n) is 23.1. The van der Waals surface area contributed by atoms with E-state index < -0.39 is 6.04 Å². The largest absolute Gasteiger partial charge is 0.385 e. The number of piperidine rings is 1. The van der Waals surface area contributed by atoms with Crippen molar-refractivity contribution >= 4 is 34.4 Å². The van der Waals surface area contributed by atoms with Crippen molar-refractivity contribution in [1.29, 1.82) is 0 Å². The van der Waals surface area contributed by atoms with E-state index >= 15 is 0 Å². The van der Waals surface area contributed by atoms with Crippen LogP contribution in [0.3, 0.4) is 0 Å². The van der Waals surface area contributed by atoms with Crippen LogP contribution in [-0.4, -0.2) is 55.0 Å². The van der Waals surface area contributed by atoms with Gasteiger partial charge < -0.3 is 10.2 Å². The number of amides is 3. The molecule has 2 aliphatic carbocycles. The third-order valence-corrected chi connectivity index (χ3v) is 9.15. The summed E-state index contributed by atoms with van der Waals surface area (Å²) in [5.41, 5.74) is 7.47. The lowest BCUT2D eigenvalue weighted by molar-refractivity contribution is -0.136. The Hall–Kier alpha value is -4.60. The Morgan fingerprint density at radius 2 is 1.81 bits per heavy atom. The molecule has 10 nitrogen and oxygen atoms in total. The Balaban J connectivity index is 0.908. The summed E-state index contributed by atoms with van der Waals surface area (Å²) in [7, 11) is 0. The lowest BCUT2D eigenvalue weighted by atomic mass is 9.80. The van der Waals surface area contributed by atoms with Crippen LogP contribution >= 0.6 is 0 Å². The molecule has 3 fully saturated rings. The van der Waals surface area contributed by atoms with Gasteiger partial charge in [-0.3, -0.25) is 29.4 Å². The van der Waals surface area contributed by atoms with Crippen LogP contribution in [0.1, 0.15) is 72.1 Å². The Morgan fingerprint density at radius 3 is 2.62 bits per heavy atom. The number of nitrogens with one attached hydrogen (secondary N) is 2. The topological polar surface area (TPSA) is 122 Å². The molecule has 0 spiro atoms. The predicted molar refractivity (Wildman–Crippen MR) is 155 cm³/mol. The van der Waals surface area contributed by atoms with E-state index in [1.54, 1.807) is 4.90 Å². The summed E-state index contributed by atoms with van der Waals surface area (Å²) >= 11 is 0. The van der Waals surface area contributed by atoms with Crippen LogP contribution in [0.4, 0.5) is 5.69 Å². The van der Waals surface area contributed by atoms with Crippen molar-refractivity contribution in [3.05, 3.63) is 71.7 Å². The third-order valence-electron chi connectivity index (χ3n) is 9.15. The fraction of sp³-hybridized carbons (Fsp3) is 0.375. The summed E-state index contributed by atoms with van der Waals surface area (Å²) in [4.78, 5) is 47.9. The molecule has 4 aliphatic rings. The van der Waals surface area contributed by atoms with Crippen LogP contribution in [0.5, 0.6) is 0 Å². The Kier molecular flexibility index (Phi) is 5.84. The number of para-hydroxylation sites is 2. The van der Waals surface area contributed by atoms with Crippen LogP contribution in [-0.2, 0) is 16.1 Å². The van der Waals surface area contributed by atoms with Gasteiger partial charge in [-0.05, 0) is 73.9 Å². The molecular formula is C32H31N7O3. The van der Waals surface area contributed by atoms with Crippen molar-refractivity contribution in [2.75, 3.05) is 11.9 Å². The van der Waals surface area contributed by atoms with Crippen LogP contribution in [0, 0.1) is 5.92 Å². The van der Waals surface area contributed by atoms with E-state index in [2.05, 4.69) is 26.5 Å². The number of fused-ring (bicyclic) bond motifs is 2. The van der Waals surface area contributed by atoms with Gasteiger partial charge in [0, 0.05) is 48.4 Å². The summed E-state index contributed by atoms with van der Waals surface area (Å²) in [5.74, 6) is 0.239. The predicted octanol–water partition coefficient (Wildman–Crippen LogP) is 4.19. The van der Waals surface area contributed by atoms with Gasteiger partial charge in [-0.1, -0.05) is 12.1 Å². The molecule has 2 N–H and O–H groups in total. The summed E-state index contributed by atoms with van der Waals surface area (Å²) in [6.07, 6.45) is 9.13. The van der Waals surface area contributed by atoms with Gasteiger partial charge in [0.25, 0.3) is 5.91 Å². The monoisotopic (exact) mass is 561 g/mol. The number of rotatable bonds is 7. The van der Waals surface area contributed by atoms with Crippen molar-refractivity contribution < 1.29 is 14.4 Å². The highest BCUT2D eigenvalue weighted by Crippen LogP contribution is 2.45. The lowest BCUT2D eigenvalue weighted by Gasteiger charge is -2.35. The fourth-order valence-corrected chi connectivity index (χ4v) is 6.57. The summed E-state index contributed by atoms with van der Waals surface area (Å²) < 4.78 is 2.15. The van der Waals surface area contributed by atoms with E-state index in [4.69, 9.17) is 10.1 Å². The number of nitrogens with zero attached hydrogens (tertiary/aromatic N) is 5. The maximum absolute atomic E-state index is 13.0. The average Bonchev–Trinajstić information content (AvgIpc) is 3.65. The van der Waals surface area contributed by atoms with E-state index in [-0.39, 0.29) is 24.1 Å². The quantitative estimate of drug-likeness (QED) is 0.325. The maximum atomic E-state index is 13.0. The van der Waals surface area contributed by atoms with Crippen LogP contribution in [0.15, 0.2) is 54.9 Å². The number of carbonyl (C=O) groups excluding carboxylic acids is 3. The number of hydrogen-bond acceptors (Lipinski definition) is 7. The molecule has 4 heterocycles. The van der Waals surface area contributed by atoms with Crippen molar-refractivity contribution in [3.8, 4) is 11.3 Å². The Labute approximate surface area is 242 Å². The number of anilines is 1. The molecule has 1 unspecified atom stereocenters. The molecule has 1 atom stereocenters. The van der Waals surface area contributed by atoms with Gasteiger partial charge in [0.05, 0.1) is 34.7 Å². The zero-order chi connectivity index (χ0) is 28.4. The second-order valence-corrected chi connectivity index (χ2v) is 12.1. The minimum atomic E-state index is -0.595. The Bertz CT molecular complexity index is 1750. The van der Waals surface area contributed by atoms with Crippen molar-refractivity contribution in [2.45, 2.75) is 63.1 Å². The number of benzene rings is 2. The highest BCUT2D eigenvalue weighted by atomic mass is 16.2. The Morgan fingerprint density at radius 1 is 0.976 bits per heavy atom. The molecule has 42 heavy (non-hydrogen) atoms. The molecule has 0 bridgehead atoms. The standard InChI is InChI=1S/C32H31N7O3/c40-29-10-9-28(31(41)36-29)38-16-20-13-21(7-8-23(20)32(38)42)33-14-18-11-22(12-18)39-17-24(30(37-39)19-5-6-19)27-15-34-25-3-1-2-4-26(25)35-27/h1-4,7-8,13,15,17-19,22,28,33H,5-6,9-12,14,16H2,(H,36,40,41)/t18-,22-,28?. The van der Waals surface area contributed by atoms with E-state index in [0.29, 0.717) is 36.4 Å². The lowest BCUT2D eigenvalue weighted by Crippen LogP contribution is -2.52. The van der Waals surface area contributed by atoms with Crippen LogP contribution in [0.25, 0.3) is 22.3 Å². The van der Waals surface area contributed by atoms with Crippen LogP contribution < -0.4 is 10.6 Å². The second kappa shape index (κ2) is 9.75. The molecule has 8 rings (SSSR count). The smallest absolute Gasteiger partial charge is 0.255 e. The first kappa shape index (κ1) is 25.1. The molecule has 212 valence electrons. The molecule has 2 aromatic heterocycles. The molecule has 2 aliphatic heterocycles. The maximum Gasteiger partial charge on any atom is 0.255 e. The number of hydrogen-bond donors (Lipinski definition) is 2. The second-order valence-electron chi connectivity index (χ2n) is 12.1. The zero-order valence-corrected chi connectivity index (χ0v) is 23.1. The van der Waals surface area contributed by atoms with Gasteiger partial charge in [0.1, 0.15) is 6.04 Å². The highest BCUT2D eigenvalue weighted by molar-refractivity contribution is 6.05. The van der Waals surface area contributed by atoms with Crippen molar-refractivity contribution in [2.24, 2.45) is 5.92 Å². The molecule has 10 heteroatoms. The van der Waals surface area contributed by atoms with Gasteiger partial charge in [-0.2, -0.15) is 5.10 Å². The number of imide groups is 1. The van der Waals surface area contributed by atoms with Crippen molar-refractivity contribution in [1.82, 2.24) is 30.0 Å². The van der Waals surface area contributed by atoms with E-state index in [1.807, 2.05) is 48.7 Å². The SMILES string of the molecule is O=C1CCC(N2Cc3cc(NC[C@H]4C[C@H](n5cc(-c6cnc7ccccc7n6)c(C6CC6)n5)C4)ccc3C2=O)C(=O)N1. The fourth-order valence-electron chi connectivity index (χ4n) is 6.57. The number of carbonyl (C=O) groups is 3. The molecule has 2 aromatic carbocycles. The first-order chi connectivity index (χ1) is 20.5. The van der Waals surface area contributed by atoms with Crippen LogP contribution in [0.2, 0.25) is 0 Å².